The second-order valence-electron chi connectivity index (χ2n) is 4.77. The Morgan fingerprint density at radius 2 is 2.35 bits per heavy atom. The minimum Gasteiger partial charge on any atom is -0.334 e. The third-order valence-corrected chi connectivity index (χ3v) is 3.80. The summed E-state index contributed by atoms with van der Waals surface area (Å²) in [5, 5.41) is 14.1. The number of nitrogens with zero attached hydrogens (tertiary/aromatic N) is 2. The van der Waals surface area contributed by atoms with Crippen molar-refractivity contribution in [3.05, 3.63) is 38.9 Å². The molecule has 0 aliphatic carbocycles. The van der Waals surface area contributed by atoms with Gasteiger partial charge in [0.15, 0.2) is 0 Å². The average molecular weight is 298 g/mol. The van der Waals surface area contributed by atoms with Crippen LogP contribution in [-0.2, 0) is 0 Å². The lowest BCUT2D eigenvalue weighted by atomic mass is 10.1. The maximum atomic E-state index is 12.5. The second kappa shape index (κ2) is 6.19. The van der Waals surface area contributed by atoms with E-state index in [2.05, 4.69) is 5.32 Å². The quantitative estimate of drug-likeness (QED) is 0.682. The number of halogens is 1. The lowest BCUT2D eigenvalue weighted by Crippen LogP contribution is -2.40. The number of rotatable bonds is 4. The molecule has 0 aromatic heterocycles. The molecule has 1 aliphatic heterocycles. The van der Waals surface area contributed by atoms with Crippen LogP contribution in [0, 0.1) is 10.1 Å². The topological polar surface area (TPSA) is 75.5 Å². The number of nitro benzene ring substituents is 1. The molecule has 1 aromatic carbocycles. The number of likely N-dealkylation sites (tertiary alicyclic amines) is 1. The fourth-order valence-electron chi connectivity index (χ4n) is 2.50. The van der Waals surface area contributed by atoms with Gasteiger partial charge in [-0.15, -0.1) is 0 Å². The van der Waals surface area contributed by atoms with Gasteiger partial charge in [0.25, 0.3) is 11.6 Å². The fourth-order valence-corrected chi connectivity index (χ4v) is 2.69. The zero-order valence-corrected chi connectivity index (χ0v) is 11.9. The summed E-state index contributed by atoms with van der Waals surface area (Å²) < 4.78 is 0. The third kappa shape index (κ3) is 2.91. The van der Waals surface area contributed by atoms with Crippen molar-refractivity contribution in [1.29, 1.82) is 0 Å². The lowest BCUT2D eigenvalue weighted by molar-refractivity contribution is -0.384. The predicted octanol–water partition coefficient (Wildman–Crippen LogP) is 2.07. The maximum absolute atomic E-state index is 12.5. The number of likely N-dealkylation sites (N-methyl/N-ethyl adjacent to an activating group) is 1. The van der Waals surface area contributed by atoms with Crippen LogP contribution in [-0.4, -0.2) is 41.9 Å². The molecule has 1 aromatic rings. The number of benzene rings is 1. The molecule has 0 bridgehead atoms. The standard InChI is InChI=1S/C13H16ClN3O3/c1-15-8-10-3-2-6-16(10)13(18)11-7-9(17(19)20)4-5-12(11)14/h4-5,7,10,15H,2-3,6,8H2,1H3. The molecule has 0 spiro atoms. The molecule has 1 aliphatic rings. The summed E-state index contributed by atoms with van der Waals surface area (Å²) in [4.78, 5) is 24.5. The highest BCUT2D eigenvalue weighted by molar-refractivity contribution is 6.33. The Bertz CT molecular complexity index is 536. The van der Waals surface area contributed by atoms with Gasteiger partial charge in [-0.3, -0.25) is 14.9 Å². The smallest absolute Gasteiger partial charge is 0.270 e. The van der Waals surface area contributed by atoms with Crippen LogP contribution in [0.4, 0.5) is 5.69 Å². The van der Waals surface area contributed by atoms with Gasteiger partial charge in [0.05, 0.1) is 15.5 Å². The van der Waals surface area contributed by atoms with Crippen LogP contribution in [0.25, 0.3) is 0 Å². The normalized spacial score (nSPS) is 18.3. The zero-order valence-electron chi connectivity index (χ0n) is 11.1. The van der Waals surface area contributed by atoms with Crippen molar-refractivity contribution in [3.8, 4) is 0 Å². The Kier molecular flexibility index (Phi) is 4.57. The molecule has 0 saturated carbocycles. The highest BCUT2D eigenvalue weighted by Gasteiger charge is 2.30. The van der Waals surface area contributed by atoms with E-state index < -0.39 is 4.92 Å². The molecule has 108 valence electrons. The van der Waals surface area contributed by atoms with E-state index in [0.717, 1.165) is 12.8 Å². The Hall–Kier alpha value is -1.66. The summed E-state index contributed by atoms with van der Waals surface area (Å²) in [6.07, 6.45) is 1.86. The first kappa shape index (κ1) is 14.7. The van der Waals surface area contributed by atoms with E-state index in [1.165, 1.54) is 18.2 Å². The van der Waals surface area contributed by atoms with Crippen molar-refractivity contribution >= 4 is 23.2 Å². The van der Waals surface area contributed by atoms with Crippen molar-refractivity contribution < 1.29 is 9.72 Å². The summed E-state index contributed by atoms with van der Waals surface area (Å²) in [5.41, 5.74) is 0.0750. The SMILES string of the molecule is CNCC1CCCN1C(=O)c1cc([N+](=O)[O-])ccc1Cl. The lowest BCUT2D eigenvalue weighted by Gasteiger charge is -2.24. The van der Waals surface area contributed by atoms with Crippen molar-refractivity contribution in [1.82, 2.24) is 10.2 Å². The minimum absolute atomic E-state index is 0.114. The molecule has 1 N–H and O–H groups in total. The minimum atomic E-state index is -0.526. The van der Waals surface area contributed by atoms with E-state index in [1.54, 1.807) is 4.90 Å². The summed E-state index contributed by atoms with van der Waals surface area (Å²) in [6, 6.07) is 4.06. The number of amides is 1. The molecule has 7 heteroatoms. The highest BCUT2D eigenvalue weighted by atomic mass is 35.5. The van der Waals surface area contributed by atoms with E-state index >= 15 is 0 Å². The van der Waals surface area contributed by atoms with E-state index in [1.807, 2.05) is 7.05 Å². The molecule has 1 fully saturated rings. The molecule has 6 nitrogen and oxygen atoms in total. The summed E-state index contributed by atoms with van der Waals surface area (Å²) in [7, 11) is 1.83. The molecule has 1 unspecified atom stereocenters. The van der Waals surface area contributed by atoms with Crippen molar-refractivity contribution in [2.24, 2.45) is 0 Å². The van der Waals surface area contributed by atoms with E-state index in [0.29, 0.717) is 13.1 Å². The van der Waals surface area contributed by atoms with Crippen molar-refractivity contribution in [3.63, 3.8) is 0 Å². The van der Waals surface area contributed by atoms with Crippen LogP contribution in [0.2, 0.25) is 5.02 Å². The number of hydrogen-bond donors (Lipinski definition) is 1. The Morgan fingerprint density at radius 1 is 1.60 bits per heavy atom. The van der Waals surface area contributed by atoms with Gasteiger partial charge in [-0.1, -0.05) is 11.6 Å². The molecular weight excluding hydrogens is 282 g/mol. The Labute approximate surface area is 121 Å². The van der Waals surface area contributed by atoms with Gasteiger partial charge < -0.3 is 10.2 Å². The molecule has 1 amide bonds. The number of carbonyl (C=O) groups is 1. The second-order valence-corrected chi connectivity index (χ2v) is 5.18. The summed E-state index contributed by atoms with van der Waals surface area (Å²) in [6.45, 7) is 1.36. The number of non-ortho nitro benzene ring substituents is 1. The summed E-state index contributed by atoms with van der Waals surface area (Å²) >= 11 is 6.01. The summed E-state index contributed by atoms with van der Waals surface area (Å²) in [5.74, 6) is -0.239. The highest BCUT2D eigenvalue weighted by Crippen LogP contribution is 2.26. The molecule has 2 rings (SSSR count). The molecular formula is C13H16ClN3O3. The van der Waals surface area contributed by atoms with Gasteiger partial charge in [0, 0.05) is 31.3 Å². The van der Waals surface area contributed by atoms with Gasteiger partial charge >= 0.3 is 0 Å². The first-order chi connectivity index (χ1) is 9.54. The molecule has 1 atom stereocenters. The number of carbonyl (C=O) groups excluding carboxylic acids is 1. The number of nitrogens with one attached hydrogen (secondary N) is 1. The van der Waals surface area contributed by atoms with Gasteiger partial charge in [-0.2, -0.15) is 0 Å². The van der Waals surface area contributed by atoms with Gasteiger partial charge in [-0.05, 0) is 26.0 Å². The monoisotopic (exact) mass is 297 g/mol. The van der Waals surface area contributed by atoms with E-state index in [4.69, 9.17) is 11.6 Å². The molecule has 1 saturated heterocycles. The average Bonchev–Trinajstić information content (AvgIpc) is 2.87. The first-order valence-corrected chi connectivity index (χ1v) is 6.82. The Balaban J connectivity index is 2.28. The van der Waals surface area contributed by atoms with Crippen LogP contribution in [0.3, 0.4) is 0 Å². The fraction of sp³-hybridized carbons (Fsp3) is 0.462. The van der Waals surface area contributed by atoms with Gasteiger partial charge in [-0.25, -0.2) is 0 Å². The van der Waals surface area contributed by atoms with Crippen LogP contribution in [0.1, 0.15) is 23.2 Å². The number of hydrogen-bond acceptors (Lipinski definition) is 4. The maximum Gasteiger partial charge on any atom is 0.270 e. The van der Waals surface area contributed by atoms with Crippen molar-refractivity contribution in [2.45, 2.75) is 18.9 Å². The zero-order chi connectivity index (χ0) is 14.7. The third-order valence-electron chi connectivity index (χ3n) is 3.47. The van der Waals surface area contributed by atoms with Gasteiger partial charge in [0.2, 0.25) is 0 Å². The molecule has 0 radical (unpaired) electrons. The Morgan fingerprint density at radius 3 is 3.00 bits per heavy atom. The van der Waals surface area contributed by atoms with Crippen molar-refractivity contribution in [2.75, 3.05) is 20.1 Å². The van der Waals surface area contributed by atoms with Crippen LogP contribution in [0.15, 0.2) is 18.2 Å². The van der Waals surface area contributed by atoms with Crippen LogP contribution < -0.4 is 5.32 Å². The van der Waals surface area contributed by atoms with Crippen LogP contribution in [0.5, 0.6) is 0 Å². The molecule has 20 heavy (non-hydrogen) atoms. The largest absolute Gasteiger partial charge is 0.334 e. The predicted molar refractivity (Wildman–Crippen MR) is 76.1 cm³/mol. The van der Waals surface area contributed by atoms with Crippen LogP contribution >= 0.6 is 11.6 Å². The first-order valence-electron chi connectivity index (χ1n) is 6.44. The number of nitro groups is 1. The van der Waals surface area contributed by atoms with E-state index in [-0.39, 0.29) is 28.2 Å². The molecule has 1 heterocycles. The van der Waals surface area contributed by atoms with Gasteiger partial charge in [0.1, 0.15) is 0 Å². The van der Waals surface area contributed by atoms with E-state index in [9.17, 15) is 14.9 Å².